The number of hydrogen-bond acceptors (Lipinski definition) is 2. The zero-order valence-electron chi connectivity index (χ0n) is 11.8. The maximum atomic E-state index is 12.2. The van der Waals surface area contributed by atoms with E-state index >= 15 is 0 Å². The number of carbonyl (C=O) groups excluding carboxylic acids is 2. The third-order valence-corrected chi connectivity index (χ3v) is 3.72. The van der Waals surface area contributed by atoms with Crippen LogP contribution in [-0.2, 0) is 9.59 Å². The molecule has 1 aromatic carbocycles. The molecule has 0 unspecified atom stereocenters. The van der Waals surface area contributed by atoms with Gasteiger partial charge in [0.15, 0.2) is 0 Å². The standard InChI is InChI=1S/C16H16N2O2/c1-10(2)18-9-13(11-6-4-5-7-14(11)18)12-8-15(19)17(3)16(12)20/h4-10H,1-3H3. The van der Waals surface area contributed by atoms with Gasteiger partial charge >= 0.3 is 0 Å². The van der Waals surface area contributed by atoms with Crippen molar-refractivity contribution in [2.75, 3.05) is 7.05 Å². The van der Waals surface area contributed by atoms with E-state index < -0.39 is 0 Å². The number of benzene rings is 1. The lowest BCUT2D eigenvalue weighted by atomic mass is 10.1. The van der Waals surface area contributed by atoms with E-state index in [1.165, 1.54) is 13.1 Å². The van der Waals surface area contributed by atoms with Gasteiger partial charge in [0.1, 0.15) is 0 Å². The summed E-state index contributed by atoms with van der Waals surface area (Å²) >= 11 is 0. The minimum absolute atomic E-state index is 0.235. The van der Waals surface area contributed by atoms with Crippen molar-refractivity contribution >= 4 is 28.3 Å². The molecule has 4 nitrogen and oxygen atoms in total. The maximum Gasteiger partial charge on any atom is 0.261 e. The van der Waals surface area contributed by atoms with Crippen LogP contribution in [0.15, 0.2) is 36.5 Å². The number of hydrogen-bond donors (Lipinski definition) is 0. The van der Waals surface area contributed by atoms with Gasteiger partial charge in [0.2, 0.25) is 0 Å². The summed E-state index contributed by atoms with van der Waals surface area (Å²) in [5.74, 6) is -0.493. The molecule has 20 heavy (non-hydrogen) atoms. The highest BCUT2D eigenvalue weighted by molar-refractivity contribution is 6.34. The van der Waals surface area contributed by atoms with Crippen LogP contribution in [0, 0.1) is 0 Å². The average Bonchev–Trinajstić information content (AvgIpc) is 2.92. The van der Waals surface area contributed by atoms with Crippen molar-refractivity contribution in [3.05, 3.63) is 42.1 Å². The fourth-order valence-electron chi connectivity index (χ4n) is 2.60. The normalized spacial score (nSPS) is 15.6. The summed E-state index contributed by atoms with van der Waals surface area (Å²) in [6.45, 7) is 4.19. The summed E-state index contributed by atoms with van der Waals surface area (Å²) in [5.41, 5.74) is 2.39. The van der Waals surface area contributed by atoms with Crippen LogP contribution in [0.1, 0.15) is 25.5 Å². The number of rotatable bonds is 2. The summed E-state index contributed by atoms with van der Waals surface area (Å²) < 4.78 is 2.13. The lowest BCUT2D eigenvalue weighted by molar-refractivity contribution is -0.134. The molecule has 1 aliphatic heterocycles. The lowest BCUT2D eigenvalue weighted by Crippen LogP contribution is -2.25. The largest absolute Gasteiger partial charge is 0.344 e. The van der Waals surface area contributed by atoms with Crippen molar-refractivity contribution in [2.24, 2.45) is 0 Å². The number of imide groups is 1. The quantitative estimate of drug-likeness (QED) is 0.786. The number of amides is 2. The summed E-state index contributed by atoms with van der Waals surface area (Å²) in [5, 5.41) is 1.00. The molecule has 0 atom stereocenters. The highest BCUT2D eigenvalue weighted by atomic mass is 16.2. The van der Waals surface area contributed by atoms with Gasteiger partial charge in [0.05, 0.1) is 5.57 Å². The number of para-hydroxylation sites is 1. The van der Waals surface area contributed by atoms with Gasteiger partial charge in [0.25, 0.3) is 11.8 Å². The fraction of sp³-hybridized carbons (Fsp3) is 0.250. The van der Waals surface area contributed by atoms with Crippen molar-refractivity contribution in [3.8, 4) is 0 Å². The van der Waals surface area contributed by atoms with Gasteiger partial charge in [-0.25, -0.2) is 0 Å². The van der Waals surface area contributed by atoms with Gasteiger partial charge in [-0.05, 0) is 19.9 Å². The first-order chi connectivity index (χ1) is 9.50. The van der Waals surface area contributed by atoms with Gasteiger partial charge in [-0.15, -0.1) is 0 Å². The average molecular weight is 268 g/mol. The Balaban J connectivity index is 2.26. The molecular formula is C16H16N2O2. The van der Waals surface area contributed by atoms with Crippen molar-refractivity contribution in [1.29, 1.82) is 0 Å². The summed E-state index contributed by atoms with van der Waals surface area (Å²) in [6.07, 6.45) is 3.39. The van der Waals surface area contributed by atoms with Crippen molar-refractivity contribution in [2.45, 2.75) is 19.9 Å². The zero-order valence-corrected chi connectivity index (χ0v) is 11.8. The monoisotopic (exact) mass is 268 g/mol. The maximum absolute atomic E-state index is 12.2. The van der Waals surface area contributed by atoms with Crippen LogP contribution in [0.4, 0.5) is 0 Å². The second-order valence-corrected chi connectivity index (χ2v) is 5.32. The molecule has 0 spiro atoms. The molecule has 0 fully saturated rings. The second-order valence-electron chi connectivity index (χ2n) is 5.32. The lowest BCUT2D eigenvalue weighted by Gasteiger charge is -2.08. The Morgan fingerprint density at radius 1 is 1.10 bits per heavy atom. The molecule has 3 rings (SSSR count). The van der Waals surface area contributed by atoms with E-state index in [4.69, 9.17) is 0 Å². The van der Waals surface area contributed by atoms with Gasteiger partial charge in [0, 0.05) is 41.8 Å². The molecule has 1 aliphatic rings. The third-order valence-electron chi connectivity index (χ3n) is 3.72. The summed E-state index contributed by atoms with van der Waals surface area (Å²) in [4.78, 5) is 25.0. The molecule has 0 aliphatic carbocycles. The smallest absolute Gasteiger partial charge is 0.261 e. The first kappa shape index (κ1) is 12.7. The minimum atomic E-state index is -0.258. The van der Waals surface area contributed by atoms with E-state index in [0.717, 1.165) is 21.4 Å². The van der Waals surface area contributed by atoms with E-state index in [-0.39, 0.29) is 11.8 Å². The van der Waals surface area contributed by atoms with E-state index in [1.807, 2.05) is 30.5 Å². The molecule has 0 radical (unpaired) electrons. The van der Waals surface area contributed by atoms with Gasteiger partial charge in [-0.1, -0.05) is 18.2 Å². The van der Waals surface area contributed by atoms with Crippen molar-refractivity contribution in [1.82, 2.24) is 9.47 Å². The van der Waals surface area contributed by atoms with Crippen LogP contribution >= 0.6 is 0 Å². The molecule has 0 N–H and O–H groups in total. The van der Waals surface area contributed by atoms with E-state index in [9.17, 15) is 9.59 Å². The highest BCUT2D eigenvalue weighted by Crippen LogP contribution is 2.32. The van der Waals surface area contributed by atoms with Gasteiger partial charge in [-0.2, -0.15) is 0 Å². The Labute approximate surface area is 117 Å². The molecule has 2 amide bonds. The molecule has 0 saturated heterocycles. The SMILES string of the molecule is CC(C)n1cc(C2=CC(=O)N(C)C2=O)c2ccccc21. The minimum Gasteiger partial charge on any atom is -0.344 e. The number of likely N-dealkylation sites (N-methyl/N-ethyl adjacent to an activating group) is 1. The molecule has 0 saturated carbocycles. The number of fused-ring (bicyclic) bond motifs is 1. The zero-order chi connectivity index (χ0) is 14.4. The molecule has 1 aromatic heterocycles. The molecule has 102 valence electrons. The van der Waals surface area contributed by atoms with E-state index in [2.05, 4.69) is 18.4 Å². The Bertz CT molecular complexity index is 753. The fourth-order valence-corrected chi connectivity index (χ4v) is 2.60. The number of nitrogens with zero attached hydrogens (tertiary/aromatic N) is 2. The molecule has 2 heterocycles. The second kappa shape index (κ2) is 4.34. The first-order valence-corrected chi connectivity index (χ1v) is 6.64. The Morgan fingerprint density at radius 2 is 1.80 bits per heavy atom. The highest BCUT2D eigenvalue weighted by Gasteiger charge is 2.30. The molecule has 0 bridgehead atoms. The van der Waals surface area contributed by atoms with Gasteiger partial charge in [-0.3, -0.25) is 14.5 Å². The predicted molar refractivity (Wildman–Crippen MR) is 78.1 cm³/mol. The van der Waals surface area contributed by atoms with Crippen LogP contribution in [0.2, 0.25) is 0 Å². The first-order valence-electron chi connectivity index (χ1n) is 6.64. The topological polar surface area (TPSA) is 42.3 Å². The Kier molecular flexibility index (Phi) is 2.74. The summed E-state index contributed by atoms with van der Waals surface area (Å²) in [6, 6.07) is 8.24. The number of aromatic nitrogens is 1. The summed E-state index contributed by atoms with van der Waals surface area (Å²) in [7, 11) is 1.51. The van der Waals surface area contributed by atoms with Crippen LogP contribution in [0.3, 0.4) is 0 Å². The van der Waals surface area contributed by atoms with E-state index in [1.54, 1.807) is 0 Å². The van der Waals surface area contributed by atoms with Crippen LogP contribution in [-0.4, -0.2) is 28.3 Å². The predicted octanol–water partition coefficient (Wildman–Crippen LogP) is 2.60. The molecular weight excluding hydrogens is 252 g/mol. The number of carbonyl (C=O) groups is 2. The molecule has 4 heteroatoms. The van der Waals surface area contributed by atoms with Crippen LogP contribution < -0.4 is 0 Å². The van der Waals surface area contributed by atoms with Crippen molar-refractivity contribution in [3.63, 3.8) is 0 Å². The van der Waals surface area contributed by atoms with Gasteiger partial charge < -0.3 is 4.57 Å². The third kappa shape index (κ3) is 1.68. The van der Waals surface area contributed by atoms with Crippen molar-refractivity contribution < 1.29 is 9.59 Å². The van der Waals surface area contributed by atoms with Crippen LogP contribution in [0.25, 0.3) is 16.5 Å². The Hall–Kier alpha value is -2.36. The Morgan fingerprint density at radius 3 is 2.40 bits per heavy atom. The van der Waals surface area contributed by atoms with E-state index in [0.29, 0.717) is 11.6 Å². The molecule has 2 aromatic rings. The van der Waals surface area contributed by atoms with Crippen LogP contribution in [0.5, 0.6) is 0 Å².